The second kappa shape index (κ2) is 7.07. The van der Waals surface area contributed by atoms with E-state index in [-0.39, 0.29) is 5.91 Å². The molecule has 2 nitrogen and oxygen atoms in total. The minimum atomic E-state index is -0.0309. The zero-order valence-electron chi connectivity index (χ0n) is 9.37. The Morgan fingerprint density at radius 3 is 2.81 bits per heavy atom. The first kappa shape index (κ1) is 12.8. The highest BCUT2D eigenvalue weighted by atomic mass is 35.5. The van der Waals surface area contributed by atoms with Crippen LogP contribution in [0.3, 0.4) is 0 Å². The summed E-state index contributed by atoms with van der Waals surface area (Å²) < 4.78 is 0. The standard InChI is InChI=1S/C13H16ClNO/c1-2-11-7-3-4-8-12(11)13(16)15-10-6-5-9-14/h3-8H,2,9-10H2,1H3,(H,15,16)/b6-5+. The quantitative estimate of drug-likeness (QED) is 0.619. The van der Waals surface area contributed by atoms with Crippen LogP contribution in [0.15, 0.2) is 36.4 Å². The van der Waals surface area contributed by atoms with Crippen molar-refractivity contribution in [2.45, 2.75) is 13.3 Å². The normalized spacial score (nSPS) is 10.6. The number of carbonyl (C=O) groups is 1. The number of aryl methyl sites for hydroxylation is 1. The highest BCUT2D eigenvalue weighted by Gasteiger charge is 2.07. The lowest BCUT2D eigenvalue weighted by Crippen LogP contribution is -2.24. The third-order valence-electron chi connectivity index (χ3n) is 2.28. The van der Waals surface area contributed by atoms with E-state index in [1.54, 1.807) is 0 Å². The molecule has 0 aromatic heterocycles. The summed E-state index contributed by atoms with van der Waals surface area (Å²) >= 11 is 5.48. The van der Waals surface area contributed by atoms with E-state index in [4.69, 9.17) is 11.6 Å². The zero-order valence-corrected chi connectivity index (χ0v) is 10.1. The summed E-state index contributed by atoms with van der Waals surface area (Å²) in [5.41, 5.74) is 1.82. The summed E-state index contributed by atoms with van der Waals surface area (Å²) in [4.78, 5) is 11.8. The Labute approximate surface area is 101 Å². The van der Waals surface area contributed by atoms with Gasteiger partial charge in [-0.25, -0.2) is 0 Å². The van der Waals surface area contributed by atoms with E-state index < -0.39 is 0 Å². The monoisotopic (exact) mass is 237 g/mol. The molecule has 0 saturated heterocycles. The predicted octanol–water partition coefficient (Wildman–Crippen LogP) is 2.77. The zero-order chi connectivity index (χ0) is 11.8. The lowest BCUT2D eigenvalue weighted by molar-refractivity contribution is 0.0957. The summed E-state index contributed by atoms with van der Waals surface area (Å²) in [6.45, 7) is 2.56. The first-order valence-corrected chi connectivity index (χ1v) is 5.90. The van der Waals surface area contributed by atoms with Crippen LogP contribution < -0.4 is 5.32 Å². The van der Waals surface area contributed by atoms with Gasteiger partial charge in [0.05, 0.1) is 0 Å². The van der Waals surface area contributed by atoms with E-state index >= 15 is 0 Å². The number of halogens is 1. The molecule has 1 aromatic rings. The van der Waals surface area contributed by atoms with Crippen LogP contribution in [-0.2, 0) is 6.42 Å². The van der Waals surface area contributed by atoms with Gasteiger partial charge < -0.3 is 5.32 Å². The summed E-state index contributed by atoms with van der Waals surface area (Å²) in [5, 5.41) is 2.82. The summed E-state index contributed by atoms with van der Waals surface area (Å²) in [5.74, 6) is 0.443. The van der Waals surface area contributed by atoms with Crippen molar-refractivity contribution in [3.63, 3.8) is 0 Å². The Kier molecular flexibility index (Phi) is 5.65. The number of hydrogen-bond donors (Lipinski definition) is 1. The van der Waals surface area contributed by atoms with E-state index in [1.165, 1.54) is 0 Å². The van der Waals surface area contributed by atoms with Crippen molar-refractivity contribution in [1.29, 1.82) is 0 Å². The molecule has 16 heavy (non-hydrogen) atoms. The largest absolute Gasteiger partial charge is 0.349 e. The molecular formula is C13H16ClNO. The van der Waals surface area contributed by atoms with Gasteiger partial charge in [0, 0.05) is 18.0 Å². The molecule has 0 saturated carbocycles. The molecule has 0 fully saturated rings. The number of hydrogen-bond acceptors (Lipinski definition) is 1. The maximum Gasteiger partial charge on any atom is 0.251 e. The van der Waals surface area contributed by atoms with Crippen molar-refractivity contribution in [2.24, 2.45) is 0 Å². The average Bonchev–Trinajstić information content (AvgIpc) is 2.34. The fourth-order valence-electron chi connectivity index (χ4n) is 1.44. The van der Waals surface area contributed by atoms with E-state index in [0.717, 1.165) is 17.5 Å². The molecule has 0 heterocycles. The van der Waals surface area contributed by atoms with E-state index in [9.17, 15) is 4.79 Å². The number of nitrogens with one attached hydrogen (secondary N) is 1. The second-order valence-electron chi connectivity index (χ2n) is 3.35. The number of rotatable bonds is 5. The van der Waals surface area contributed by atoms with Crippen molar-refractivity contribution in [2.75, 3.05) is 12.4 Å². The molecule has 0 bridgehead atoms. The molecule has 1 aromatic carbocycles. The minimum absolute atomic E-state index is 0.0309. The first-order chi connectivity index (χ1) is 7.79. The van der Waals surface area contributed by atoms with Gasteiger partial charge in [0.15, 0.2) is 0 Å². The molecule has 1 N–H and O–H groups in total. The molecule has 86 valence electrons. The van der Waals surface area contributed by atoms with E-state index in [1.807, 2.05) is 43.3 Å². The Hall–Kier alpha value is -1.28. The number of alkyl halides is 1. The van der Waals surface area contributed by atoms with Crippen LogP contribution in [0.2, 0.25) is 0 Å². The number of benzene rings is 1. The van der Waals surface area contributed by atoms with Gasteiger partial charge >= 0.3 is 0 Å². The fourth-order valence-corrected chi connectivity index (χ4v) is 1.57. The predicted molar refractivity (Wildman–Crippen MR) is 68.0 cm³/mol. The van der Waals surface area contributed by atoms with Crippen molar-refractivity contribution in [3.05, 3.63) is 47.5 Å². The molecular weight excluding hydrogens is 222 g/mol. The summed E-state index contributed by atoms with van der Waals surface area (Å²) in [6.07, 6.45) is 4.52. The second-order valence-corrected chi connectivity index (χ2v) is 3.66. The number of carbonyl (C=O) groups excluding carboxylic acids is 1. The third kappa shape index (κ3) is 3.70. The highest BCUT2D eigenvalue weighted by Crippen LogP contribution is 2.08. The Balaban J connectivity index is 2.62. The molecule has 0 spiro atoms. The van der Waals surface area contributed by atoms with Gasteiger partial charge in [-0.1, -0.05) is 37.3 Å². The molecule has 0 unspecified atom stereocenters. The molecule has 0 aliphatic carbocycles. The van der Waals surface area contributed by atoms with Crippen molar-refractivity contribution in [3.8, 4) is 0 Å². The van der Waals surface area contributed by atoms with Gasteiger partial charge in [0.2, 0.25) is 0 Å². The van der Waals surface area contributed by atoms with Gasteiger partial charge in [-0.3, -0.25) is 4.79 Å². The lowest BCUT2D eigenvalue weighted by Gasteiger charge is -2.06. The Morgan fingerprint density at radius 2 is 2.12 bits per heavy atom. The Morgan fingerprint density at radius 1 is 1.38 bits per heavy atom. The van der Waals surface area contributed by atoms with Crippen LogP contribution in [0.25, 0.3) is 0 Å². The third-order valence-corrected chi connectivity index (χ3v) is 2.46. The van der Waals surface area contributed by atoms with Crippen LogP contribution in [-0.4, -0.2) is 18.3 Å². The van der Waals surface area contributed by atoms with E-state index in [2.05, 4.69) is 5.32 Å². The summed E-state index contributed by atoms with van der Waals surface area (Å²) in [7, 11) is 0. The smallest absolute Gasteiger partial charge is 0.251 e. The van der Waals surface area contributed by atoms with Crippen LogP contribution in [0.4, 0.5) is 0 Å². The van der Waals surface area contributed by atoms with Crippen LogP contribution in [0, 0.1) is 0 Å². The van der Waals surface area contributed by atoms with Crippen molar-refractivity contribution >= 4 is 17.5 Å². The van der Waals surface area contributed by atoms with Crippen molar-refractivity contribution < 1.29 is 4.79 Å². The molecule has 0 atom stereocenters. The van der Waals surface area contributed by atoms with Gasteiger partial charge in [-0.15, -0.1) is 11.6 Å². The van der Waals surface area contributed by atoms with Crippen LogP contribution >= 0.6 is 11.6 Å². The molecule has 1 rings (SSSR count). The lowest BCUT2D eigenvalue weighted by atomic mass is 10.0. The topological polar surface area (TPSA) is 29.1 Å². The molecule has 1 amide bonds. The number of allylic oxidation sites excluding steroid dienone is 1. The van der Waals surface area contributed by atoms with Gasteiger partial charge in [-0.2, -0.15) is 0 Å². The van der Waals surface area contributed by atoms with Gasteiger partial charge in [-0.05, 0) is 18.1 Å². The van der Waals surface area contributed by atoms with Crippen molar-refractivity contribution in [1.82, 2.24) is 5.32 Å². The van der Waals surface area contributed by atoms with E-state index in [0.29, 0.717) is 12.4 Å². The maximum atomic E-state index is 11.8. The highest BCUT2D eigenvalue weighted by molar-refractivity contribution is 6.18. The first-order valence-electron chi connectivity index (χ1n) is 5.36. The average molecular weight is 238 g/mol. The summed E-state index contributed by atoms with van der Waals surface area (Å²) in [6, 6.07) is 7.65. The molecule has 0 aliphatic rings. The SMILES string of the molecule is CCc1ccccc1C(=O)NC/C=C/CCl. The van der Waals surface area contributed by atoms with Gasteiger partial charge in [0.1, 0.15) is 0 Å². The Bertz CT molecular complexity index is 374. The van der Waals surface area contributed by atoms with Gasteiger partial charge in [0.25, 0.3) is 5.91 Å². The number of amides is 1. The minimum Gasteiger partial charge on any atom is -0.349 e. The molecule has 3 heteroatoms. The molecule has 0 aliphatic heterocycles. The van der Waals surface area contributed by atoms with Crippen LogP contribution in [0.1, 0.15) is 22.8 Å². The fraction of sp³-hybridized carbons (Fsp3) is 0.308. The van der Waals surface area contributed by atoms with Crippen LogP contribution in [0.5, 0.6) is 0 Å². The maximum absolute atomic E-state index is 11.8. The molecule has 0 radical (unpaired) electrons.